The summed E-state index contributed by atoms with van der Waals surface area (Å²) in [7, 11) is 1.66. The van der Waals surface area contributed by atoms with E-state index >= 15 is 0 Å². The molecular formula is C12H10N4O4S. The molecule has 9 heteroatoms. The van der Waals surface area contributed by atoms with E-state index in [2.05, 4.69) is 10.3 Å². The van der Waals surface area contributed by atoms with Gasteiger partial charge < -0.3 is 5.32 Å². The van der Waals surface area contributed by atoms with Gasteiger partial charge in [0, 0.05) is 30.1 Å². The first-order valence-electron chi connectivity index (χ1n) is 5.77. The second-order valence-electron chi connectivity index (χ2n) is 3.88. The topological polar surface area (TPSA) is 111 Å². The normalized spacial score (nSPS) is 10.1. The summed E-state index contributed by atoms with van der Waals surface area (Å²) in [5, 5.41) is 24.6. The Labute approximate surface area is 123 Å². The summed E-state index contributed by atoms with van der Waals surface area (Å²) in [6.45, 7) is 0. The molecule has 0 saturated carbocycles. The summed E-state index contributed by atoms with van der Waals surface area (Å²) in [5.41, 5.74) is -0.150. The first-order valence-corrected chi connectivity index (χ1v) is 6.58. The quantitative estimate of drug-likeness (QED) is 0.667. The van der Waals surface area contributed by atoms with Gasteiger partial charge in [-0.25, -0.2) is 4.98 Å². The standard InChI is InChI=1S/C12H10N4O4S/c1-13-11-7-6-10(16(19)20)12(14-11)21-9-4-2-8(3-5-9)15(17)18/h2-7H,1H3,(H,13,14). The van der Waals surface area contributed by atoms with E-state index in [-0.39, 0.29) is 16.4 Å². The molecule has 21 heavy (non-hydrogen) atoms. The van der Waals surface area contributed by atoms with Gasteiger partial charge in [0.1, 0.15) is 5.82 Å². The fraction of sp³-hybridized carbons (Fsp3) is 0.0833. The zero-order valence-electron chi connectivity index (χ0n) is 10.8. The molecule has 0 spiro atoms. The Kier molecular flexibility index (Phi) is 4.33. The maximum absolute atomic E-state index is 11.0. The van der Waals surface area contributed by atoms with Crippen LogP contribution in [0.25, 0.3) is 0 Å². The molecule has 0 saturated heterocycles. The molecule has 0 fully saturated rings. The number of non-ortho nitro benzene ring substituents is 1. The Morgan fingerprint density at radius 1 is 1.05 bits per heavy atom. The predicted octanol–water partition coefficient (Wildman–Crippen LogP) is 3.09. The zero-order chi connectivity index (χ0) is 15.4. The summed E-state index contributed by atoms with van der Waals surface area (Å²) in [6.07, 6.45) is 0. The van der Waals surface area contributed by atoms with Gasteiger partial charge in [-0.05, 0) is 18.2 Å². The molecule has 0 bridgehead atoms. The first kappa shape index (κ1) is 14.7. The van der Waals surface area contributed by atoms with Crippen LogP contribution in [0.5, 0.6) is 0 Å². The second kappa shape index (κ2) is 6.18. The van der Waals surface area contributed by atoms with Gasteiger partial charge in [0.25, 0.3) is 5.69 Å². The summed E-state index contributed by atoms with van der Waals surface area (Å²) in [4.78, 5) is 25.3. The molecule has 2 aromatic rings. The third-order valence-electron chi connectivity index (χ3n) is 2.56. The van der Waals surface area contributed by atoms with Crippen molar-refractivity contribution in [3.63, 3.8) is 0 Å². The molecule has 8 nitrogen and oxygen atoms in total. The van der Waals surface area contributed by atoms with E-state index in [9.17, 15) is 20.2 Å². The first-order chi connectivity index (χ1) is 10.0. The van der Waals surface area contributed by atoms with Gasteiger partial charge in [-0.3, -0.25) is 20.2 Å². The van der Waals surface area contributed by atoms with Crippen molar-refractivity contribution in [2.24, 2.45) is 0 Å². The SMILES string of the molecule is CNc1ccc([N+](=O)[O-])c(Sc2ccc([N+](=O)[O-])cc2)n1. The number of aromatic nitrogens is 1. The van der Waals surface area contributed by atoms with E-state index in [4.69, 9.17) is 0 Å². The molecule has 1 N–H and O–H groups in total. The van der Waals surface area contributed by atoms with Crippen LogP contribution in [0.2, 0.25) is 0 Å². The van der Waals surface area contributed by atoms with Crippen molar-refractivity contribution in [1.29, 1.82) is 0 Å². The Bertz CT molecular complexity index is 690. The lowest BCUT2D eigenvalue weighted by atomic mass is 10.3. The molecule has 2 rings (SSSR count). The van der Waals surface area contributed by atoms with Crippen LogP contribution in [0.1, 0.15) is 0 Å². The maximum atomic E-state index is 11.0. The van der Waals surface area contributed by atoms with Gasteiger partial charge in [-0.2, -0.15) is 0 Å². The predicted molar refractivity (Wildman–Crippen MR) is 77.7 cm³/mol. The Morgan fingerprint density at radius 2 is 1.71 bits per heavy atom. The number of rotatable bonds is 5. The minimum atomic E-state index is -0.514. The number of nitrogens with one attached hydrogen (secondary N) is 1. The smallest absolute Gasteiger partial charge is 0.301 e. The third-order valence-corrected chi connectivity index (χ3v) is 3.56. The van der Waals surface area contributed by atoms with E-state index in [1.165, 1.54) is 36.4 Å². The van der Waals surface area contributed by atoms with Crippen LogP contribution in [0.3, 0.4) is 0 Å². The minimum Gasteiger partial charge on any atom is -0.373 e. The second-order valence-corrected chi connectivity index (χ2v) is 4.94. The molecule has 108 valence electrons. The van der Waals surface area contributed by atoms with Gasteiger partial charge in [0.15, 0.2) is 5.03 Å². The van der Waals surface area contributed by atoms with Crippen molar-refractivity contribution < 1.29 is 9.85 Å². The molecular weight excluding hydrogens is 296 g/mol. The van der Waals surface area contributed by atoms with Crippen molar-refractivity contribution in [3.05, 3.63) is 56.6 Å². The number of pyridine rings is 1. The van der Waals surface area contributed by atoms with Crippen molar-refractivity contribution in [3.8, 4) is 0 Å². The van der Waals surface area contributed by atoms with E-state index in [1.54, 1.807) is 7.05 Å². The van der Waals surface area contributed by atoms with Crippen LogP contribution in [-0.2, 0) is 0 Å². The molecule has 0 atom stereocenters. The van der Waals surface area contributed by atoms with Crippen LogP contribution in [-0.4, -0.2) is 21.9 Å². The van der Waals surface area contributed by atoms with Crippen molar-refractivity contribution in [1.82, 2.24) is 4.98 Å². The minimum absolute atomic E-state index is 0.0363. The van der Waals surface area contributed by atoms with E-state index in [0.717, 1.165) is 11.8 Å². The Hall–Kier alpha value is -2.68. The van der Waals surface area contributed by atoms with Crippen LogP contribution >= 0.6 is 11.8 Å². The van der Waals surface area contributed by atoms with Crippen molar-refractivity contribution >= 4 is 29.0 Å². The highest BCUT2D eigenvalue weighted by Gasteiger charge is 2.17. The van der Waals surface area contributed by atoms with E-state index < -0.39 is 9.85 Å². The highest BCUT2D eigenvalue weighted by Crippen LogP contribution is 2.34. The number of benzene rings is 1. The summed E-state index contributed by atoms with van der Waals surface area (Å²) < 4.78 is 0. The van der Waals surface area contributed by atoms with Gasteiger partial charge in [-0.15, -0.1) is 0 Å². The fourth-order valence-corrected chi connectivity index (χ4v) is 2.42. The summed E-state index contributed by atoms with van der Waals surface area (Å²) >= 11 is 1.08. The lowest BCUT2D eigenvalue weighted by Crippen LogP contribution is -1.97. The number of nitrogens with zero attached hydrogens (tertiary/aromatic N) is 3. The Balaban J connectivity index is 2.33. The fourth-order valence-electron chi connectivity index (χ4n) is 1.53. The van der Waals surface area contributed by atoms with E-state index in [0.29, 0.717) is 10.7 Å². The lowest BCUT2D eigenvalue weighted by Gasteiger charge is -2.05. The van der Waals surface area contributed by atoms with Crippen LogP contribution < -0.4 is 5.32 Å². The van der Waals surface area contributed by atoms with Gasteiger partial charge in [0.05, 0.1) is 9.85 Å². The summed E-state index contributed by atoms with van der Waals surface area (Å²) in [5.74, 6) is 0.505. The molecule has 1 aromatic heterocycles. The van der Waals surface area contributed by atoms with E-state index in [1.807, 2.05) is 0 Å². The van der Waals surface area contributed by atoms with Gasteiger partial charge in [-0.1, -0.05) is 11.8 Å². The number of hydrogen-bond donors (Lipinski definition) is 1. The van der Waals surface area contributed by atoms with Crippen LogP contribution in [0.15, 0.2) is 46.3 Å². The molecule has 0 unspecified atom stereocenters. The molecule has 1 aromatic carbocycles. The average Bonchev–Trinajstić information content (AvgIpc) is 2.47. The molecule has 1 heterocycles. The van der Waals surface area contributed by atoms with Crippen LogP contribution in [0.4, 0.5) is 17.2 Å². The monoisotopic (exact) mass is 306 g/mol. The van der Waals surface area contributed by atoms with Gasteiger partial charge in [0.2, 0.25) is 0 Å². The molecule has 0 aliphatic heterocycles. The molecule has 0 amide bonds. The number of anilines is 1. The highest BCUT2D eigenvalue weighted by atomic mass is 32.2. The molecule has 0 radical (unpaired) electrons. The average molecular weight is 306 g/mol. The summed E-state index contributed by atoms with van der Waals surface area (Å²) in [6, 6.07) is 8.62. The van der Waals surface area contributed by atoms with Gasteiger partial charge >= 0.3 is 5.69 Å². The molecule has 0 aliphatic rings. The maximum Gasteiger partial charge on any atom is 0.301 e. The lowest BCUT2D eigenvalue weighted by molar-refractivity contribution is -0.388. The largest absolute Gasteiger partial charge is 0.373 e. The number of nitro benzene ring substituents is 1. The third kappa shape index (κ3) is 3.45. The number of nitro groups is 2. The van der Waals surface area contributed by atoms with Crippen LogP contribution in [0, 0.1) is 20.2 Å². The van der Waals surface area contributed by atoms with Crippen molar-refractivity contribution in [2.75, 3.05) is 12.4 Å². The van der Waals surface area contributed by atoms with Crippen molar-refractivity contribution in [2.45, 2.75) is 9.92 Å². The molecule has 0 aliphatic carbocycles. The zero-order valence-corrected chi connectivity index (χ0v) is 11.7. The number of hydrogen-bond acceptors (Lipinski definition) is 7. The highest BCUT2D eigenvalue weighted by molar-refractivity contribution is 7.99. The Morgan fingerprint density at radius 3 is 2.24 bits per heavy atom.